The molecule has 2 unspecified atom stereocenters. The molecule has 1 aromatic carbocycles. The highest BCUT2D eigenvalue weighted by Gasteiger charge is 2.15. The van der Waals surface area contributed by atoms with Gasteiger partial charge in [-0.2, -0.15) is 0 Å². The molecule has 0 radical (unpaired) electrons. The molecular formula is C14H17NS. The molecule has 0 spiro atoms. The third-order valence-electron chi connectivity index (χ3n) is 2.98. The number of thiophene rings is 1. The van der Waals surface area contributed by atoms with Crippen molar-refractivity contribution in [3.05, 3.63) is 58.3 Å². The predicted octanol–water partition coefficient (Wildman–Crippen LogP) is 3.42. The summed E-state index contributed by atoms with van der Waals surface area (Å²) in [6.45, 7) is 2.20. The smallest absolute Gasteiger partial charge is 0.0154 e. The molecule has 2 heteroatoms. The molecule has 2 N–H and O–H groups in total. The van der Waals surface area contributed by atoms with Crippen LogP contribution in [0.25, 0.3) is 0 Å². The van der Waals surface area contributed by atoms with Gasteiger partial charge in [-0.3, -0.25) is 0 Å². The summed E-state index contributed by atoms with van der Waals surface area (Å²) >= 11 is 1.78. The summed E-state index contributed by atoms with van der Waals surface area (Å²) in [5, 5.41) is 2.11. The Morgan fingerprint density at radius 3 is 2.50 bits per heavy atom. The fourth-order valence-corrected chi connectivity index (χ4v) is 2.62. The average molecular weight is 231 g/mol. The second-order valence-electron chi connectivity index (χ2n) is 4.15. The van der Waals surface area contributed by atoms with E-state index in [0.717, 1.165) is 6.42 Å². The van der Waals surface area contributed by atoms with E-state index in [1.165, 1.54) is 10.4 Å². The Labute approximate surface area is 101 Å². The summed E-state index contributed by atoms with van der Waals surface area (Å²) in [6, 6.07) is 14.9. The number of hydrogen-bond donors (Lipinski definition) is 1. The van der Waals surface area contributed by atoms with Crippen molar-refractivity contribution < 1.29 is 0 Å². The normalized spacial score (nSPS) is 14.6. The Balaban J connectivity index is 2.02. The minimum Gasteiger partial charge on any atom is -0.327 e. The van der Waals surface area contributed by atoms with Gasteiger partial charge in [0.15, 0.2) is 0 Å². The lowest BCUT2D eigenvalue weighted by Crippen LogP contribution is -2.28. The lowest BCUT2D eigenvalue weighted by molar-refractivity contribution is 0.567. The van der Waals surface area contributed by atoms with Gasteiger partial charge in [0.25, 0.3) is 0 Å². The Bertz CT molecular complexity index is 408. The molecule has 2 atom stereocenters. The van der Waals surface area contributed by atoms with Gasteiger partial charge in [0, 0.05) is 10.9 Å². The van der Waals surface area contributed by atoms with Crippen molar-refractivity contribution in [3.63, 3.8) is 0 Å². The van der Waals surface area contributed by atoms with Crippen molar-refractivity contribution in [3.8, 4) is 0 Å². The minimum absolute atomic E-state index is 0.195. The Morgan fingerprint density at radius 2 is 1.88 bits per heavy atom. The van der Waals surface area contributed by atoms with E-state index in [2.05, 4.69) is 48.7 Å². The van der Waals surface area contributed by atoms with E-state index in [1.807, 2.05) is 6.07 Å². The SMILES string of the molecule is CC(c1ccccc1)C(N)Cc1cccs1. The van der Waals surface area contributed by atoms with Crippen molar-refractivity contribution in [2.75, 3.05) is 0 Å². The predicted molar refractivity (Wildman–Crippen MR) is 70.9 cm³/mol. The van der Waals surface area contributed by atoms with Gasteiger partial charge in [-0.05, 0) is 29.3 Å². The van der Waals surface area contributed by atoms with Gasteiger partial charge in [0.05, 0.1) is 0 Å². The zero-order valence-electron chi connectivity index (χ0n) is 9.47. The Kier molecular flexibility index (Phi) is 3.75. The molecule has 0 aliphatic heterocycles. The van der Waals surface area contributed by atoms with Crippen LogP contribution in [0.1, 0.15) is 23.3 Å². The maximum atomic E-state index is 6.25. The van der Waals surface area contributed by atoms with Gasteiger partial charge >= 0.3 is 0 Å². The molecule has 84 valence electrons. The number of hydrogen-bond acceptors (Lipinski definition) is 2. The van der Waals surface area contributed by atoms with Crippen molar-refractivity contribution in [1.29, 1.82) is 0 Å². The highest BCUT2D eigenvalue weighted by atomic mass is 32.1. The van der Waals surface area contributed by atoms with Crippen molar-refractivity contribution in [2.45, 2.75) is 25.3 Å². The Morgan fingerprint density at radius 1 is 1.12 bits per heavy atom. The molecule has 2 aromatic rings. The third-order valence-corrected chi connectivity index (χ3v) is 3.88. The van der Waals surface area contributed by atoms with Crippen LogP contribution in [0, 0.1) is 0 Å². The molecule has 1 nitrogen and oxygen atoms in total. The molecule has 1 aromatic heterocycles. The lowest BCUT2D eigenvalue weighted by Gasteiger charge is -2.19. The Hall–Kier alpha value is -1.12. The van der Waals surface area contributed by atoms with E-state index < -0.39 is 0 Å². The maximum Gasteiger partial charge on any atom is 0.0154 e. The third kappa shape index (κ3) is 2.71. The molecule has 0 amide bonds. The van der Waals surface area contributed by atoms with Crippen LogP contribution in [-0.4, -0.2) is 6.04 Å². The van der Waals surface area contributed by atoms with Crippen LogP contribution in [0.15, 0.2) is 47.8 Å². The monoisotopic (exact) mass is 231 g/mol. The van der Waals surface area contributed by atoms with Gasteiger partial charge in [-0.15, -0.1) is 11.3 Å². The van der Waals surface area contributed by atoms with Crippen LogP contribution in [-0.2, 0) is 6.42 Å². The molecule has 0 bridgehead atoms. The number of nitrogens with two attached hydrogens (primary N) is 1. The topological polar surface area (TPSA) is 26.0 Å². The second kappa shape index (κ2) is 5.28. The van der Waals surface area contributed by atoms with Gasteiger partial charge < -0.3 is 5.73 Å². The quantitative estimate of drug-likeness (QED) is 0.857. The van der Waals surface area contributed by atoms with Crippen molar-refractivity contribution in [1.82, 2.24) is 0 Å². The van der Waals surface area contributed by atoms with Gasteiger partial charge in [-0.25, -0.2) is 0 Å². The lowest BCUT2D eigenvalue weighted by atomic mass is 9.92. The molecule has 1 heterocycles. The highest BCUT2D eigenvalue weighted by molar-refractivity contribution is 7.09. The van der Waals surface area contributed by atoms with E-state index in [9.17, 15) is 0 Å². The number of rotatable bonds is 4. The first kappa shape index (κ1) is 11.4. The van der Waals surface area contributed by atoms with E-state index in [4.69, 9.17) is 5.73 Å². The van der Waals surface area contributed by atoms with Gasteiger partial charge in [-0.1, -0.05) is 43.3 Å². The van der Waals surface area contributed by atoms with Crippen LogP contribution in [0.2, 0.25) is 0 Å². The fraction of sp³-hybridized carbons (Fsp3) is 0.286. The molecule has 0 fully saturated rings. The van der Waals surface area contributed by atoms with E-state index >= 15 is 0 Å². The first-order valence-corrected chi connectivity index (χ1v) is 6.48. The summed E-state index contributed by atoms with van der Waals surface area (Å²) in [5.74, 6) is 0.406. The standard InChI is InChI=1S/C14H17NS/c1-11(12-6-3-2-4-7-12)14(15)10-13-8-5-9-16-13/h2-9,11,14H,10,15H2,1H3. The largest absolute Gasteiger partial charge is 0.327 e. The first-order valence-electron chi connectivity index (χ1n) is 5.60. The molecule has 0 saturated carbocycles. The molecular weight excluding hydrogens is 214 g/mol. The highest BCUT2D eigenvalue weighted by Crippen LogP contribution is 2.21. The zero-order chi connectivity index (χ0) is 11.4. The van der Waals surface area contributed by atoms with Crippen LogP contribution >= 0.6 is 11.3 Å². The van der Waals surface area contributed by atoms with Gasteiger partial charge in [0.2, 0.25) is 0 Å². The summed E-state index contributed by atoms with van der Waals surface area (Å²) in [6.07, 6.45) is 0.966. The van der Waals surface area contributed by atoms with Crippen LogP contribution in [0.3, 0.4) is 0 Å². The summed E-state index contributed by atoms with van der Waals surface area (Å²) < 4.78 is 0. The van der Waals surface area contributed by atoms with E-state index in [-0.39, 0.29) is 6.04 Å². The molecule has 16 heavy (non-hydrogen) atoms. The molecule has 0 aliphatic rings. The number of benzene rings is 1. The van der Waals surface area contributed by atoms with Crippen LogP contribution in [0.5, 0.6) is 0 Å². The van der Waals surface area contributed by atoms with Crippen LogP contribution < -0.4 is 5.73 Å². The fourth-order valence-electron chi connectivity index (χ4n) is 1.84. The van der Waals surface area contributed by atoms with Crippen LogP contribution in [0.4, 0.5) is 0 Å². The van der Waals surface area contributed by atoms with E-state index in [1.54, 1.807) is 11.3 Å². The average Bonchev–Trinajstić information content (AvgIpc) is 2.82. The molecule has 0 saturated heterocycles. The second-order valence-corrected chi connectivity index (χ2v) is 5.18. The summed E-state index contributed by atoms with van der Waals surface area (Å²) in [4.78, 5) is 1.37. The zero-order valence-corrected chi connectivity index (χ0v) is 10.3. The summed E-state index contributed by atoms with van der Waals surface area (Å²) in [5.41, 5.74) is 7.57. The van der Waals surface area contributed by atoms with Crippen molar-refractivity contribution >= 4 is 11.3 Å². The minimum atomic E-state index is 0.195. The van der Waals surface area contributed by atoms with Gasteiger partial charge in [0.1, 0.15) is 0 Å². The first-order chi connectivity index (χ1) is 7.77. The molecule has 2 rings (SSSR count). The molecule has 0 aliphatic carbocycles. The van der Waals surface area contributed by atoms with E-state index in [0.29, 0.717) is 5.92 Å². The maximum absolute atomic E-state index is 6.25. The van der Waals surface area contributed by atoms with Crippen molar-refractivity contribution in [2.24, 2.45) is 5.73 Å². The summed E-state index contributed by atoms with van der Waals surface area (Å²) in [7, 11) is 0.